The Kier molecular flexibility index (Phi) is 4.18. The fraction of sp³-hybridized carbons (Fsp3) is 0.688. The third-order valence-corrected chi connectivity index (χ3v) is 4.87. The molecule has 6 heteroatoms. The zero-order chi connectivity index (χ0) is 15.6. The minimum absolute atomic E-state index is 0.0145. The normalized spacial score (nSPS) is 21.0. The van der Waals surface area contributed by atoms with Crippen molar-refractivity contribution in [1.82, 2.24) is 9.97 Å². The lowest BCUT2D eigenvalue weighted by molar-refractivity contribution is 0.100. The van der Waals surface area contributed by atoms with Crippen molar-refractivity contribution in [3.63, 3.8) is 0 Å². The van der Waals surface area contributed by atoms with E-state index in [1.165, 1.54) is 31.9 Å². The number of hydrogen-bond donors (Lipinski definition) is 3. The third-order valence-electron chi connectivity index (χ3n) is 4.87. The van der Waals surface area contributed by atoms with E-state index in [4.69, 9.17) is 5.73 Å². The van der Waals surface area contributed by atoms with Crippen LogP contribution in [0.5, 0.6) is 0 Å². The molecule has 2 saturated carbocycles. The van der Waals surface area contributed by atoms with Crippen LogP contribution in [0.1, 0.15) is 68.6 Å². The number of amides is 1. The van der Waals surface area contributed by atoms with Crippen LogP contribution in [-0.4, -0.2) is 27.5 Å². The summed E-state index contributed by atoms with van der Waals surface area (Å²) in [4.78, 5) is 20.4. The van der Waals surface area contributed by atoms with E-state index in [-0.39, 0.29) is 5.54 Å². The lowest BCUT2D eigenvalue weighted by atomic mass is 9.78. The van der Waals surface area contributed by atoms with E-state index in [1.54, 1.807) is 0 Å². The minimum Gasteiger partial charge on any atom is -0.365 e. The van der Waals surface area contributed by atoms with Gasteiger partial charge in [0.25, 0.3) is 5.91 Å². The second-order valence-corrected chi connectivity index (χ2v) is 6.84. The zero-order valence-electron chi connectivity index (χ0n) is 13.2. The van der Waals surface area contributed by atoms with Gasteiger partial charge >= 0.3 is 0 Å². The van der Waals surface area contributed by atoms with Crippen LogP contribution in [0.4, 0.5) is 11.8 Å². The van der Waals surface area contributed by atoms with E-state index in [1.807, 2.05) is 0 Å². The largest absolute Gasteiger partial charge is 0.365 e. The van der Waals surface area contributed by atoms with Crippen molar-refractivity contribution in [3.8, 4) is 0 Å². The van der Waals surface area contributed by atoms with Gasteiger partial charge in [-0.15, -0.1) is 0 Å². The summed E-state index contributed by atoms with van der Waals surface area (Å²) in [6.45, 7) is 2.15. The molecule has 0 unspecified atom stereocenters. The van der Waals surface area contributed by atoms with Crippen molar-refractivity contribution in [2.45, 2.75) is 69.9 Å². The number of carbonyl (C=O) groups excluding carboxylic acids is 1. The van der Waals surface area contributed by atoms with Crippen molar-refractivity contribution in [1.29, 1.82) is 0 Å². The maximum atomic E-state index is 11.6. The lowest BCUT2D eigenvalue weighted by Crippen LogP contribution is -2.42. The van der Waals surface area contributed by atoms with Crippen LogP contribution < -0.4 is 16.4 Å². The Morgan fingerprint density at radius 3 is 2.59 bits per heavy atom. The van der Waals surface area contributed by atoms with E-state index < -0.39 is 5.91 Å². The molecule has 0 spiro atoms. The molecular weight excluding hydrogens is 278 g/mol. The Balaban J connectivity index is 1.78. The maximum absolute atomic E-state index is 11.6. The number of primary amides is 1. The van der Waals surface area contributed by atoms with Crippen LogP contribution >= 0.6 is 0 Å². The molecule has 2 aliphatic carbocycles. The quantitative estimate of drug-likeness (QED) is 0.777. The summed E-state index contributed by atoms with van der Waals surface area (Å²) in [5, 5.41) is 6.79. The number of hydrogen-bond acceptors (Lipinski definition) is 5. The maximum Gasteiger partial charge on any atom is 0.254 e. The summed E-state index contributed by atoms with van der Waals surface area (Å²) in [5.41, 5.74) is 5.83. The van der Waals surface area contributed by atoms with Crippen LogP contribution in [0, 0.1) is 0 Å². The summed E-state index contributed by atoms with van der Waals surface area (Å²) in [7, 11) is 0. The van der Waals surface area contributed by atoms with Crippen LogP contribution in [0.2, 0.25) is 0 Å². The standard InChI is InChI=1S/C16H25N5O/c1-16(8-5-9-16)21-14-12(13(17)22)10-18-15(20-14)19-11-6-3-2-4-7-11/h10-11H,2-9H2,1H3,(H2,17,22)(H2,18,19,20,21). The predicted molar refractivity (Wildman–Crippen MR) is 86.9 cm³/mol. The van der Waals surface area contributed by atoms with E-state index in [9.17, 15) is 4.79 Å². The lowest BCUT2D eigenvalue weighted by Gasteiger charge is -2.40. The van der Waals surface area contributed by atoms with Crippen LogP contribution in [0.25, 0.3) is 0 Å². The van der Waals surface area contributed by atoms with Gasteiger partial charge in [-0.1, -0.05) is 19.3 Å². The molecule has 22 heavy (non-hydrogen) atoms. The molecule has 1 amide bonds. The molecule has 1 heterocycles. The van der Waals surface area contributed by atoms with Crippen molar-refractivity contribution in [3.05, 3.63) is 11.8 Å². The average molecular weight is 303 g/mol. The molecule has 120 valence electrons. The number of rotatable bonds is 5. The molecule has 0 aliphatic heterocycles. The SMILES string of the molecule is CC1(Nc2nc(NC3CCCCC3)ncc2C(N)=O)CCC1. The smallest absolute Gasteiger partial charge is 0.254 e. The molecule has 0 saturated heterocycles. The highest BCUT2D eigenvalue weighted by Crippen LogP contribution is 2.35. The number of nitrogens with one attached hydrogen (secondary N) is 2. The van der Waals surface area contributed by atoms with Gasteiger partial charge in [-0.05, 0) is 39.0 Å². The molecule has 1 aromatic rings. The van der Waals surface area contributed by atoms with Crippen LogP contribution in [0.3, 0.4) is 0 Å². The summed E-state index contributed by atoms with van der Waals surface area (Å²) in [6, 6.07) is 0.431. The monoisotopic (exact) mass is 303 g/mol. The molecule has 0 atom stereocenters. The molecule has 0 aromatic carbocycles. The first kappa shape index (κ1) is 15.1. The topological polar surface area (TPSA) is 92.9 Å². The van der Waals surface area contributed by atoms with Gasteiger partial charge in [0.2, 0.25) is 5.95 Å². The van der Waals surface area contributed by atoms with Gasteiger partial charge in [-0.3, -0.25) is 4.79 Å². The first-order valence-corrected chi connectivity index (χ1v) is 8.27. The highest BCUT2D eigenvalue weighted by atomic mass is 16.1. The van der Waals surface area contributed by atoms with Gasteiger partial charge in [0, 0.05) is 17.8 Å². The first-order valence-electron chi connectivity index (χ1n) is 8.27. The summed E-state index contributed by atoms with van der Waals surface area (Å²) >= 11 is 0. The van der Waals surface area contributed by atoms with E-state index >= 15 is 0 Å². The summed E-state index contributed by atoms with van der Waals surface area (Å²) in [6.07, 6.45) is 11.0. The van der Waals surface area contributed by atoms with Gasteiger partial charge in [0.05, 0.1) is 5.56 Å². The Morgan fingerprint density at radius 2 is 2.00 bits per heavy atom. The first-order chi connectivity index (χ1) is 10.6. The van der Waals surface area contributed by atoms with Gasteiger partial charge in [0.15, 0.2) is 0 Å². The van der Waals surface area contributed by atoms with E-state index in [0.717, 1.165) is 25.7 Å². The van der Waals surface area contributed by atoms with Crippen LogP contribution in [-0.2, 0) is 0 Å². The zero-order valence-corrected chi connectivity index (χ0v) is 13.2. The molecule has 0 radical (unpaired) electrons. The molecule has 2 fully saturated rings. The Bertz CT molecular complexity index is 549. The predicted octanol–water partition coefficient (Wildman–Crippen LogP) is 2.67. The molecule has 0 bridgehead atoms. The van der Waals surface area contributed by atoms with Crippen LogP contribution in [0.15, 0.2) is 6.20 Å². The molecule has 4 N–H and O–H groups in total. The molecule has 3 rings (SSSR count). The Labute approximate surface area is 131 Å². The van der Waals surface area contributed by atoms with Crippen molar-refractivity contribution >= 4 is 17.7 Å². The number of aromatic nitrogens is 2. The highest BCUT2D eigenvalue weighted by molar-refractivity contribution is 5.97. The van der Waals surface area contributed by atoms with Crippen molar-refractivity contribution in [2.24, 2.45) is 5.73 Å². The third kappa shape index (κ3) is 3.31. The van der Waals surface area contributed by atoms with E-state index in [2.05, 4.69) is 27.5 Å². The van der Waals surface area contributed by atoms with Crippen molar-refractivity contribution < 1.29 is 4.79 Å². The molecule has 2 aliphatic rings. The fourth-order valence-corrected chi connectivity index (χ4v) is 3.27. The number of carbonyl (C=O) groups is 1. The molecular formula is C16H25N5O. The van der Waals surface area contributed by atoms with Gasteiger partial charge < -0.3 is 16.4 Å². The van der Waals surface area contributed by atoms with E-state index in [0.29, 0.717) is 23.4 Å². The number of nitrogens with two attached hydrogens (primary N) is 1. The fourth-order valence-electron chi connectivity index (χ4n) is 3.27. The van der Waals surface area contributed by atoms with Gasteiger partial charge in [-0.2, -0.15) is 4.98 Å². The summed E-state index contributed by atoms with van der Waals surface area (Å²) in [5.74, 6) is 0.653. The second kappa shape index (κ2) is 6.10. The summed E-state index contributed by atoms with van der Waals surface area (Å²) < 4.78 is 0. The number of nitrogens with zero attached hydrogens (tertiary/aromatic N) is 2. The molecule has 1 aromatic heterocycles. The Hall–Kier alpha value is -1.85. The highest BCUT2D eigenvalue weighted by Gasteiger charge is 2.33. The number of anilines is 2. The molecule has 6 nitrogen and oxygen atoms in total. The minimum atomic E-state index is -0.491. The second-order valence-electron chi connectivity index (χ2n) is 6.84. The Morgan fingerprint density at radius 1 is 1.27 bits per heavy atom. The van der Waals surface area contributed by atoms with Crippen molar-refractivity contribution in [2.75, 3.05) is 10.6 Å². The average Bonchev–Trinajstić information content (AvgIpc) is 2.46. The van der Waals surface area contributed by atoms with Gasteiger partial charge in [-0.25, -0.2) is 4.98 Å². The van der Waals surface area contributed by atoms with Gasteiger partial charge in [0.1, 0.15) is 5.82 Å².